The van der Waals surface area contributed by atoms with E-state index in [9.17, 15) is 9.90 Å². The van der Waals surface area contributed by atoms with E-state index in [4.69, 9.17) is 4.74 Å². The van der Waals surface area contributed by atoms with Crippen molar-refractivity contribution in [3.05, 3.63) is 48.3 Å². The lowest BCUT2D eigenvalue weighted by atomic mass is 9.87. The summed E-state index contributed by atoms with van der Waals surface area (Å²) >= 11 is 0. The number of carbonyl (C=O) groups excluding carboxylic acids is 1. The summed E-state index contributed by atoms with van der Waals surface area (Å²) in [5.74, 6) is -0.247. The average Bonchev–Trinajstić information content (AvgIpc) is 3.27. The molecule has 0 amide bonds. The molecule has 8 nitrogen and oxygen atoms in total. The van der Waals surface area contributed by atoms with E-state index in [1.54, 1.807) is 12.5 Å². The molecule has 0 aliphatic heterocycles. The van der Waals surface area contributed by atoms with Crippen molar-refractivity contribution >= 4 is 5.97 Å². The standard InChI is InChI=1S/C21H31N5O3/c1-29-21(28)15-26(14-18-12-22-16-24-18)20-8-3-2-7-19(20)25(10-11-27)13-17-6-4-5-9-23-17/h4-6,9,12,16,19-20,27H,2-3,7-8,10-11,13-15H2,1H3,(H,22,24)/t19-,20?/m0/s1. The number of methoxy groups -OCH3 is 1. The molecule has 1 aliphatic rings. The molecule has 0 radical (unpaired) electrons. The van der Waals surface area contributed by atoms with Crippen LogP contribution in [0.25, 0.3) is 0 Å². The summed E-state index contributed by atoms with van der Waals surface area (Å²) in [7, 11) is 1.42. The van der Waals surface area contributed by atoms with Crippen molar-refractivity contribution in [3.8, 4) is 0 Å². The minimum absolute atomic E-state index is 0.0897. The van der Waals surface area contributed by atoms with Gasteiger partial charge in [0.15, 0.2) is 0 Å². The Kier molecular flexibility index (Phi) is 8.15. The van der Waals surface area contributed by atoms with Crippen molar-refractivity contribution in [2.75, 3.05) is 26.8 Å². The summed E-state index contributed by atoms with van der Waals surface area (Å²) in [6.45, 7) is 2.15. The van der Waals surface area contributed by atoms with Crippen LogP contribution in [0.3, 0.4) is 0 Å². The summed E-state index contributed by atoms with van der Waals surface area (Å²) in [6.07, 6.45) is 9.60. The maximum Gasteiger partial charge on any atom is 0.319 e. The second-order valence-corrected chi connectivity index (χ2v) is 7.48. The lowest BCUT2D eigenvalue weighted by Crippen LogP contribution is -2.54. The first-order chi connectivity index (χ1) is 14.2. The van der Waals surface area contributed by atoms with E-state index in [0.29, 0.717) is 19.6 Å². The number of aliphatic hydroxyl groups is 1. The smallest absolute Gasteiger partial charge is 0.319 e. The number of nitrogens with zero attached hydrogens (tertiary/aromatic N) is 4. The number of aromatic nitrogens is 3. The van der Waals surface area contributed by atoms with Gasteiger partial charge in [-0.15, -0.1) is 0 Å². The highest BCUT2D eigenvalue weighted by Gasteiger charge is 2.35. The number of pyridine rings is 1. The van der Waals surface area contributed by atoms with Crippen molar-refractivity contribution in [1.29, 1.82) is 0 Å². The Hall–Kier alpha value is -2.29. The molecule has 158 valence electrons. The second kappa shape index (κ2) is 11.0. The zero-order chi connectivity index (χ0) is 20.5. The van der Waals surface area contributed by atoms with Crippen LogP contribution in [0.1, 0.15) is 37.1 Å². The van der Waals surface area contributed by atoms with Crippen LogP contribution in [0.15, 0.2) is 36.9 Å². The van der Waals surface area contributed by atoms with Gasteiger partial charge in [-0.05, 0) is 25.0 Å². The maximum absolute atomic E-state index is 12.1. The number of nitrogens with one attached hydrogen (secondary N) is 1. The quantitative estimate of drug-likeness (QED) is 0.584. The average molecular weight is 402 g/mol. The molecule has 8 heteroatoms. The largest absolute Gasteiger partial charge is 0.468 e. The second-order valence-electron chi connectivity index (χ2n) is 7.48. The van der Waals surface area contributed by atoms with Crippen LogP contribution in [0, 0.1) is 0 Å². The van der Waals surface area contributed by atoms with Gasteiger partial charge in [-0.2, -0.15) is 0 Å². The fraction of sp³-hybridized carbons (Fsp3) is 0.571. The van der Waals surface area contributed by atoms with E-state index in [1.165, 1.54) is 7.11 Å². The normalized spacial score (nSPS) is 19.6. The number of H-pyrrole nitrogens is 1. The summed E-state index contributed by atoms with van der Waals surface area (Å²) < 4.78 is 4.96. The van der Waals surface area contributed by atoms with Crippen LogP contribution in [0.2, 0.25) is 0 Å². The lowest BCUT2D eigenvalue weighted by molar-refractivity contribution is -0.143. The van der Waals surface area contributed by atoms with E-state index in [-0.39, 0.29) is 31.2 Å². The SMILES string of the molecule is COC(=O)CN(Cc1c[nH]cn1)C1CCCC[C@@H]1N(CCO)Cc1ccccn1. The predicted molar refractivity (Wildman–Crippen MR) is 109 cm³/mol. The van der Waals surface area contributed by atoms with Gasteiger partial charge in [-0.25, -0.2) is 4.98 Å². The number of carbonyl (C=O) groups is 1. The highest BCUT2D eigenvalue weighted by atomic mass is 16.5. The van der Waals surface area contributed by atoms with Crippen LogP contribution < -0.4 is 0 Å². The minimum Gasteiger partial charge on any atom is -0.468 e. The Balaban J connectivity index is 1.81. The molecule has 2 atom stereocenters. The van der Waals surface area contributed by atoms with E-state index in [2.05, 4.69) is 24.8 Å². The molecule has 0 spiro atoms. The molecule has 1 aliphatic carbocycles. The molecule has 0 saturated heterocycles. The molecule has 1 fully saturated rings. The van der Waals surface area contributed by atoms with Crippen LogP contribution in [0.5, 0.6) is 0 Å². The number of ether oxygens (including phenoxy) is 1. The van der Waals surface area contributed by atoms with E-state index >= 15 is 0 Å². The fourth-order valence-electron chi connectivity index (χ4n) is 4.24. The van der Waals surface area contributed by atoms with Gasteiger partial charge in [0.25, 0.3) is 0 Å². The highest BCUT2D eigenvalue weighted by Crippen LogP contribution is 2.29. The minimum atomic E-state index is -0.247. The Labute approximate surface area is 171 Å². The van der Waals surface area contributed by atoms with Gasteiger partial charge < -0.3 is 14.8 Å². The summed E-state index contributed by atoms with van der Waals surface area (Å²) in [5, 5.41) is 9.70. The first kappa shape index (κ1) is 21.4. The van der Waals surface area contributed by atoms with E-state index < -0.39 is 0 Å². The Morgan fingerprint density at radius 2 is 1.93 bits per heavy atom. The van der Waals surface area contributed by atoms with Crippen LogP contribution in [-0.2, 0) is 22.6 Å². The summed E-state index contributed by atoms with van der Waals surface area (Å²) in [5.41, 5.74) is 1.88. The summed E-state index contributed by atoms with van der Waals surface area (Å²) in [6, 6.07) is 6.30. The predicted octanol–water partition coefficient (Wildman–Crippen LogP) is 1.59. The Morgan fingerprint density at radius 1 is 1.17 bits per heavy atom. The molecule has 1 saturated carbocycles. The van der Waals surface area contributed by atoms with Crippen LogP contribution >= 0.6 is 0 Å². The number of rotatable bonds is 10. The molecular weight excluding hydrogens is 370 g/mol. The molecule has 0 aromatic carbocycles. The maximum atomic E-state index is 12.1. The van der Waals surface area contributed by atoms with Gasteiger partial charge in [0, 0.05) is 44.1 Å². The zero-order valence-corrected chi connectivity index (χ0v) is 17.0. The number of esters is 1. The van der Waals surface area contributed by atoms with Gasteiger partial charge in [0.1, 0.15) is 0 Å². The van der Waals surface area contributed by atoms with Crippen LogP contribution in [-0.4, -0.2) is 74.7 Å². The molecule has 2 aromatic rings. The molecule has 2 N–H and O–H groups in total. The number of imidazole rings is 1. The van der Waals surface area contributed by atoms with E-state index in [0.717, 1.165) is 37.1 Å². The van der Waals surface area contributed by atoms with Gasteiger partial charge in [-0.3, -0.25) is 19.6 Å². The first-order valence-electron chi connectivity index (χ1n) is 10.2. The van der Waals surface area contributed by atoms with Crippen molar-refractivity contribution in [2.45, 2.75) is 50.9 Å². The first-order valence-corrected chi connectivity index (χ1v) is 10.2. The van der Waals surface area contributed by atoms with Crippen molar-refractivity contribution in [1.82, 2.24) is 24.8 Å². The summed E-state index contributed by atoms with van der Waals surface area (Å²) in [4.78, 5) is 28.4. The molecule has 3 rings (SSSR count). The van der Waals surface area contributed by atoms with Gasteiger partial charge in [0.2, 0.25) is 0 Å². The Bertz CT molecular complexity index is 725. The molecule has 0 bridgehead atoms. The molecule has 1 unspecified atom stereocenters. The van der Waals surface area contributed by atoms with Gasteiger partial charge in [-0.1, -0.05) is 18.9 Å². The van der Waals surface area contributed by atoms with Gasteiger partial charge >= 0.3 is 5.97 Å². The third-order valence-electron chi connectivity index (χ3n) is 5.59. The topological polar surface area (TPSA) is 94.6 Å². The number of hydrogen-bond donors (Lipinski definition) is 2. The third kappa shape index (κ3) is 6.09. The Morgan fingerprint density at radius 3 is 2.55 bits per heavy atom. The monoisotopic (exact) mass is 401 g/mol. The highest BCUT2D eigenvalue weighted by molar-refractivity contribution is 5.71. The molecule has 2 aromatic heterocycles. The van der Waals surface area contributed by atoms with Crippen LogP contribution in [0.4, 0.5) is 0 Å². The third-order valence-corrected chi connectivity index (χ3v) is 5.59. The van der Waals surface area contributed by atoms with Crippen molar-refractivity contribution < 1.29 is 14.6 Å². The number of aliphatic hydroxyl groups excluding tert-OH is 1. The lowest BCUT2D eigenvalue weighted by Gasteiger charge is -2.44. The van der Waals surface area contributed by atoms with Crippen molar-refractivity contribution in [3.63, 3.8) is 0 Å². The molecule has 29 heavy (non-hydrogen) atoms. The van der Waals surface area contributed by atoms with Gasteiger partial charge in [0.05, 0.1) is 38.0 Å². The number of aromatic amines is 1. The van der Waals surface area contributed by atoms with E-state index in [1.807, 2.05) is 24.4 Å². The zero-order valence-electron chi connectivity index (χ0n) is 17.0. The number of hydrogen-bond acceptors (Lipinski definition) is 7. The van der Waals surface area contributed by atoms with Crippen molar-refractivity contribution in [2.24, 2.45) is 0 Å². The molecule has 2 heterocycles. The fourth-order valence-corrected chi connectivity index (χ4v) is 4.24. The molecular formula is C21H31N5O3.